The van der Waals surface area contributed by atoms with Crippen LogP contribution in [0.5, 0.6) is 5.75 Å². The Hall–Kier alpha value is -1.79. The van der Waals surface area contributed by atoms with Crippen LogP contribution in [0.4, 0.5) is 0 Å². The third-order valence-electron chi connectivity index (χ3n) is 3.52. The number of aromatic amines is 1. The van der Waals surface area contributed by atoms with Crippen LogP contribution in [0.25, 0.3) is 10.9 Å². The molecule has 0 radical (unpaired) electrons. The summed E-state index contributed by atoms with van der Waals surface area (Å²) in [6, 6.07) is 15.4. The fraction of sp³-hybridized carbons (Fsp3) is 0.222. The standard InChI is InChI=1S/C9H8BrNO2S.C9H12O/c1-14(12,13)9-5-6-4-7(10)2-3-8(6)11-9;1-3-8-4-6-9(10-2)7-5-8/h2-5,11H,1H3;4-7H,3H2,1-2H3. The van der Waals surface area contributed by atoms with Gasteiger partial charge in [0.15, 0.2) is 9.84 Å². The first-order valence-electron chi connectivity index (χ1n) is 7.44. The molecule has 0 atom stereocenters. The Morgan fingerprint density at radius 3 is 2.29 bits per heavy atom. The summed E-state index contributed by atoms with van der Waals surface area (Å²) in [6.45, 7) is 2.14. The van der Waals surface area contributed by atoms with E-state index in [0.717, 1.165) is 27.5 Å². The third-order valence-corrected chi connectivity index (χ3v) is 5.04. The van der Waals surface area contributed by atoms with Gasteiger partial charge in [-0.2, -0.15) is 0 Å². The van der Waals surface area contributed by atoms with Gasteiger partial charge in [-0.15, -0.1) is 0 Å². The number of nitrogens with one attached hydrogen (secondary N) is 1. The summed E-state index contributed by atoms with van der Waals surface area (Å²) in [7, 11) is -1.47. The first kappa shape index (κ1) is 18.5. The number of benzene rings is 2. The van der Waals surface area contributed by atoms with Crippen molar-refractivity contribution in [2.24, 2.45) is 0 Å². The van der Waals surface area contributed by atoms with Crippen molar-refractivity contribution in [3.63, 3.8) is 0 Å². The van der Waals surface area contributed by atoms with Crippen LogP contribution in [0.15, 0.2) is 58.0 Å². The van der Waals surface area contributed by atoms with Crippen LogP contribution in [0.1, 0.15) is 12.5 Å². The van der Waals surface area contributed by atoms with E-state index in [-0.39, 0.29) is 5.03 Å². The zero-order chi connectivity index (χ0) is 17.7. The molecule has 0 amide bonds. The third kappa shape index (κ3) is 4.85. The predicted octanol–water partition coefficient (Wildman–Crippen LogP) is 4.59. The molecule has 0 aliphatic rings. The molecule has 0 spiro atoms. The van der Waals surface area contributed by atoms with Crippen molar-refractivity contribution in [3.05, 3.63) is 58.6 Å². The lowest BCUT2D eigenvalue weighted by atomic mass is 10.2. The molecule has 0 aliphatic heterocycles. The van der Waals surface area contributed by atoms with Crippen molar-refractivity contribution in [1.82, 2.24) is 4.98 Å². The summed E-state index contributed by atoms with van der Waals surface area (Å²) in [5.41, 5.74) is 2.18. The molecular weight excluding hydrogens is 390 g/mol. The van der Waals surface area contributed by atoms with Crippen molar-refractivity contribution in [1.29, 1.82) is 0 Å². The van der Waals surface area contributed by atoms with Crippen LogP contribution in [0.3, 0.4) is 0 Å². The maximum atomic E-state index is 11.2. The smallest absolute Gasteiger partial charge is 0.190 e. The number of hydrogen-bond acceptors (Lipinski definition) is 3. The van der Waals surface area contributed by atoms with Gasteiger partial charge >= 0.3 is 0 Å². The van der Waals surface area contributed by atoms with Crippen molar-refractivity contribution in [3.8, 4) is 5.75 Å². The van der Waals surface area contributed by atoms with Gasteiger partial charge in [0.25, 0.3) is 0 Å². The first-order valence-corrected chi connectivity index (χ1v) is 10.1. The minimum atomic E-state index is -3.15. The summed E-state index contributed by atoms with van der Waals surface area (Å²) in [6.07, 6.45) is 2.27. The molecule has 1 heterocycles. The van der Waals surface area contributed by atoms with Gasteiger partial charge in [0.2, 0.25) is 0 Å². The van der Waals surface area contributed by atoms with Crippen LogP contribution in [-0.2, 0) is 16.3 Å². The molecule has 0 unspecified atom stereocenters. The number of halogens is 1. The normalized spacial score (nSPS) is 11.0. The lowest BCUT2D eigenvalue weighted by molar-refractivity contribution is 0.414. The van der Waals surface area contributed by atoms with E-state index in [4.69, 9.17) is 4.74 Å². The minimum absolute atomic E-state index is 0.255. The SMILES string of the molecule is CCc1ccc(OC)cc1.CS(=O)(=O)c1cc2cc(Br)ccc2[nH]1. The minimum Gasteiger partial charge on any atom is -0.497 e. The molecule has 3 aromatic rings. The summed E-state index contributed by atoms with van der Waals surface area (Å²) in [5.74, 6) is 0.928. The lowest BCUT2D eigenvalue weighted by Crippen LogP contribution is -1.96. The van der Waals surface area contributed by atoms with Gasteiger partial charge in [-0.1, -0.05) is 35.0 Å². The van der Waals surface area contributed by atoms with Crippen LogP contribution in [-0.4, -0.2) is 26.8 Å². The molecule has 1 N–H and O–H groups in total. The maximum Gasteiger partial charge on any atom is 0.190 e. The van der Waals surface area contributed by atoms with E-state index >= 15 is 0 Å². The van der Waals surface area contributed by atoms with Crippen molar-refractivity contribution in [2.75, 3.05) is 13.4 Å². The Labute approximate surface area is 150 Å². The van der Waals surface area contributed by atoms with Gasteiger partial charge in [-0.25, -0.2) is 8.42 Å². The van der Waals surface area contributed by atoms with Crippen molar-refractivity contribution < 1.29 is 13.2 Å². The quantitative estimate of drug-likeness (QED) is 0.687. The number of rotatable bonds is 3. The molecule has 128 valence electrons. The van der Waals surface area contributed by atoms with Gasteiger partial charge in [0, 0.05) is 21.6 Å². The number of fused-ring (bicyclic) bond motifs is 1. The summed E-state index contributed by atoms with van der Waals surface area (Å²) >= 11 is 3.33. The van der Waals surface area contributed by atoms with Crippen molar-refractivity contribution in [2.45, 2.75) is 18.4 Å². The van der Waals surface area contributed by atoms with Gasteiger partial charge in [0.05, 0.1) is 7.11 Å². The molecule has 2 aromatic carbocycles. The van der Waals surface area contributed by atoms with Crippen LogP contribution in [0.2, 0.25) is 0 Å². The van der Waals surface area contributed by atoms with Gasteiger partial charge in [-0.3, -0.25) is 0 Å². The first-order chi connectivity index (χ1) is 11.3. The van der Waals surface area contributed by atoms with Gasteiger partial charge in [-0.05, 0) is 48.4 Å². The number of methoxy groups -OCH3 is 1. The number of hydrogen-bond donors (Lipinski definition) is 1. The topological polar surface area (TPSA) is 59.2 Å². The van der Waals surface area contributed by atoms with Crippen LogP contribution < -0.4 is 4.74 Å². The zero-order valence-corrected chi connectivity index (χ0v) is 16.2. The second-order valence-electron chi connectivity index (χ2n) is 5.34. The van der Waals surface area contributed by atoms with E-state index in [1.54, 1.807) is 13.2 Å². The predicted molar refractivity (Wildman–Crippen MR) is 101 cm³/mol. The number of sulfone groups is 1. The monoisotopic (exact) mass is 409 g/mol. The number of aromatic nitrogens is 1. The highest BCUT2D eigenvalue weighted by Gasteiger charge is 2.10. The van der Waals surface area contributed by atoms with E-state index in [0.29, 0.717) is 0 Å². The van der Waals surface area contributed by atoms with Crippen LogP contribution >= 0.6 is 15.9 Å². The molecule has 1 aromatic heterocycles. The summed E-state index contributed by atoms with van der Waals surface area (Å²) in [4.78, 5) is 2.85. The van der Waals surface area contributed by atoms with E-state index in [2.05, 4.69) is 40.0 Å². The molecule has 0 saturated heterocycles. The summed E-state index contributed by atoms with van der Waals surface area (Å²) < 4.78 is 28.4. The second kappa shape index (κ2) is 7.85. The Balaban J connectivity index is 0.000000185. The highest BCUT2D eigenvalue weighted by molar-refractivity contribution is 9.10. The largest absolute Gasteiger partial charge is 0.497 e. The molecule has 0 bridgehead atoms. The van der Waals surface area contributed by atoms with Crippen molar-refractivity contribution >= 4 is 36.7 Å². The molecular formula is C18H20BrNO3S. The average Bonchev–Trinajstić information content (AvgIpc) is 2.99. The fourth-order valence-electron chi connectivity index (χ4n) is 2.14. The van der Waals surface area contributed by atoms with E-state index < -0.39 is 9.84 Å². The van der Waals surface area contributed by atoms with Gasteiger partial charge in [0.1, 0.15) is 10.8 Å². The van der Waals surface area contributed by atoms with Gasteiger partial charge < -0.3 is 9.72 Å². The molecule has 0 fully saturated rings. The number of H-pyrrole nitrogens is 1. The fourth-order valence-corrected chi connectivity index (χ4v) is 3.15. The van der Waals surface area contributed by atoms with E-state index in [1.165, 1.54) is 11.8 Å². The van der Waals surface area contributed by atoms with Crippen LogP contribution in [0, 0.1) is 0 Å². The van der Waals surface area contributed by atoms with E-state index in [9.17, 15) is 8.42 Å². The highest BCUT2D eigenvalue weighted by atomic mass is 79.9. The Bertz CT molecular complexity index is 892. The molecule has 24 heavy (non-hydrogen) atoms. The Morgan fingerprint density at radius 2 is 1.75 bits per heavy atom. The number of ether oxygens (including phenoxy) is 1. The number of aryl methyl sites for hydroxylation is 1. The molecule has 4 nitrogen and oxygen atoms in total. The van der Waals surface area contributed by atoms with E-state index in [1.807, 2.05) is 30.3 Å². The second-order valence-corrected chi connectivity index (χ2v) is 8.24. The molecule has 3 rings (SSSR count). The highest BCUT2D eigenvalue weighted by Crippen LogP contribution is 2.22. The molecule has 6 heteroatoms. The lowest BCUT2D eigenvalue weighted by Gasteiger charge is -1.99. The molecule has 0 saturated carbocycles. The maximum absolute atomic E-state index is 11.2. The molecule has 0 aliphatic carbocycles. The summed E-state index contributed by atoms with van der Waals surface area (Å²) in [5, 5.41) is 1.14. The average molecular weight is 410 g/mol. The Kier molecular flexibility index (Phi) is 6.07. The Morgan fingerprint density at radius 1 is 1.08 bits per heavy atom. The zero-order valence-electron chi connectivity index (χ0n) is 13.8.